The van der Waals surface area contributed by atoms with Crippen molar-refractivity contribution in [2.45, 2.75) is 12.5 Å². The van der Waals surface area contributed by atoms with Crippen LogP contribution < -0.4 is 5.73 Å². The molecule has 88 valence electrons. The fourth-order valence-electron chi connectivity index (χ4n) is 1.31. The van der Waals surface area contributed by atoms with E-state index in [4.69, 9.17) is 11.3 Å². The summed E-state index contributed by atoms with van der Waals surface area (Å²) in [6.07, 6.45) is -1.28. The molecule has 1 aromatic rings. The van der Waals surface area contributed by atoms with E-state index >= 15 is 0 Å². The molecule has 0 heterocycles. The first-order valence-electron chi connectivity index (χ1n) is 4.84. The largest absolute Gasteiger partial charge is 0.437 e. The zero-order valence-corrected chi connectivity index (χ0v) is 8.95. The first kappa shape index (κ1) is 12.6. The number of carbonyl (C=O) groups excluding carboxylic acids is 2. The third kappa shape index (κ3) is 4.27. The molecular formula is C11H11N3O3. The predicted molar refractivity (Wildman–Crippen MR) is 59.3 cm³/mol. The number of hydrogen-bond acceptors (Lipinski definition) is 3. The fourth-order valence-corrected chi connectivity index (χ4v) is 1.31. The Hall–Kier alpha value is -2.46. The second-order valence-corrected chi connectivity index (χ2v) is 3.26. The fraction of sp³-hybridized carbons (Fsp3) is 0.182. The van der Waals surface area contributed by atoms with Gasteiger partial charge in [0.1, 0.15) is 0 Å². The van der Waals surface area contributed by atoms with Crippen LogP contribution in [0.25, 0.3) is 5.53 Å². The number of nitrogens with two attached hydrogens (primary N) is 1. The summed E-state index contributed by atoms with van der Waals surface area (Å²) in [6, 6.07) is 8.97. The number of ketones is 1. The molecule has 1 rings (SSSR count). The van der Waals surface area contributed by atoms with Crippen LogP contribution in [0.5, 0.6) is 0 Å². The summed E-state index contributed by atoms with van der Waals surface area (Å²) in [5.41, 5.74) is 13.9. The van der Waals surface area contributed by atoms with E-state index in [2.05, 4.69) is 9.53 Å². The minimum absolute atomic E-state index is 0.175. The van der Waals surface area contributed by atoms with Gasteiger partial charge in [0.2, 0.25) is 0 Å². The highest BCUT2D eigenvalue weighted by molar-refractivity contribution is 6.27. The maximum absolute atomic E-state index is 11.4. The van der Waals surface area contributed by atoms with Crippen molar-refractivity contribution in [3.63, 3.8) is 0 Å². The van der Waals surface area contributed by atoms with Gasteiger partial charge in [-0.3, -0.25) is 4.79 Å². The van der Waals surface area contributed by atoms with Gasteiger partial charge >= 0.3 is 12.3 Å². The van der Waals surface area contributed by atoms with Crippen molar-refractivity contribution in [2.75, 3.05) is 0 Å². The van der Waals surface area contributed by atoms with Crippen LogP contribution in [0, 0.1) is 0 Å². The maximum Gasteiger partial charge on any atom is 0.405 e. The minimum atomic E-state index is -1.08. The molecule has 0 aromatic heterocycles. The van der Waals surface area contributed by atoms with Gasteiger partial charge in [0.25, 0.3) is 5.78 Å². The van der Waals surface area contributed by atoms with Crippen molar-refractivity contribution < 1.29 is 19.1 Å². The lowest BCUT2D eigenvalue weighted by molar-refractivity contribution is -0.123. The molecule has 0 aliphatic carbocycles. The SMILES string of the molecule is [N-]=[N+]=CC(=O)[C@H](Cc1ccccc1)OC(N)=O. The zero-order valence-electron chi connectivity index (χ0n) is 8.95. The topological polar surface area (TPSA) is 106 Å². The lowest BCUT2D eigenvalue weighted by Crippen LogP contribution is -2.32. The Bertz CT molecular complexity index is 452. The van der Waals surface area contributed by atoms with Gasteiger partial charge in [-0.2, -0.15) is 4.79 Å². The Labute approximate surface area is 97.6 Å². The van der Waals surface area contributed by atoms with Gasteiger partial charge in [-0.25, -0.2) is 4.79 Å². The molecular weight excluding hydrogens is 222 g/mol. The molecule has 0 fully saturated rings. The number of rotatable bonds is 5. The van der Waals surface area contributed by atoms with Crippen molar-refractivity contribution in [3.8, 4) is 0 Å². The maximum atomic E-state index is 11.4. The zero-order chi connectivity index (χ0) is 12.7. The normalized spacial score (nSPS) is 11.1. The van der Waals surface area contributed by atoms with E-state index in [9.17, 15) is 9.59 Å². The molecule has 0 aliphatic rings. The van der Waals surface area contributed by atoms with E-state index in [-0.39, 0.29) is 6.42 Å². The standard InChI is InChI=1S/C11H11N3O3/c12-11(16)17-10(9(15)7-14-13)6-8-4-2-1-3-5-8/h1-5,7,10H,6H2,(H2,12,16)/t10-/m0/s1. The van der Waals surface area contributed by atoms with E-state index < -0.39 is 18.0 Å². The molecule has 0 unspecified atom stereocenters. The van der Waals surface area contributed by atoms with E-state index in [1.165, 1.54) is 0 Å². The monoisotopic (exact) mass is 233 g/mol. The van der Waals surface area contributed by atoms with Crippen molar-refractivity contribution in [3.05, 3.63) is 41.4 Å². The average molecular weight is 233 g/mol. The molecule has 0 spiro atoms. The van der Waals surface area contributed by atoms with Crippen LogP contribution >= 0.6 is 0 Å². The van der Waals surface area contributed by atoms with Crippen molar-refractivity contribution in [1.82, 2.24) is 0 Å². The molecule has 2 N–H and O–H groups in total. The lowest BCUT2D eigenvalue weighted by atomic mass is 10.1. The Kier molecular flexibility index (Phi) is 4.59. The van der Waals surface area contributed by atoms with Gasteiger partial charge in [-0.1, -0.05) is 30.3 Å². The third-order valence-electron chi connectivity index (χ3n) is 2.02. The average Bonchev–Trinajstić information content (AvgIpc) is 2.29. The van der Waals surface area contributed by atoms with Gasteiger partial charge in [0, 0.05) is 6.42 Å². The molecule has 0 saturated carbocycles. The van der Waals surface area contributed by atoms with Crippen molar-refractivity contribution in [2.24, 2.45) is 5.73 Å². The lowest BCUT2D eigenvalue weighted by Gasteiger charge is -2.11. The number of nitrogens with zero attached hydrogens (tertiary/aromatic N) is 2. The molecule has 1 aromatic carbocycles. The van der Waals surface area contributed by atoms with Gasteiger partial charge in [-0.15, -0.1) is 0 Å². The van der Waals surface area contributed by atoms with Gasteiger partial charge in [0.15, 0.2) is 6.10 Å². The Morgan fingerprint density at radius 2 is 2.06 bits per heavy atom. The van der Waals surface area contributed by atoms with Crippen molar-refractivity contribution >= 4 is 18.1 Å². The molecule has 6 nitrogen and oxygen atoms in total. The summed E-state index contributed by atoms with van der Waals surface area (Å²) >= 11 is 0. The van der Waals surface area contributed by atoms with Gasteiger partial charge in [0.05, 0.1) is 0 Å². The molecule has 1 atom stereocenters. The van der Waals surface area contributed by atoms with Crippen LogP contribution in [0.3, 0.4) is 0 Å². The van der Waals surface area contributed by atoms with E-state index in [1.54, 1.807) is 24.3 Å². The molecule has 0 bridgehead atoms. The van der Waals surface area contributed by atoms with Crippen LogP contribution in [0.4, 0.5) is 4.79 Å². The number of Topliss-reactive ketones (excluding diaryl/α,β-unsaturated/α-hetero) is 1. The molecule has 0 saturated heterocycles. The number of ether oxygens (including phenoxy) is 1. The smallest absolute Gasteiger partial charge is 0.405 e. The summed E-state index contributed by atoms with van der Waals surface area (Å²) in [6.45, 7) is 0. The Balaban J connectivity index is 2.80. The van der Waals surface area contributed by atoms with Crippen LogP contribution in [-0.4, -0.2) is 29.0 Å². The van der Waals surface area contributed by atoms with Gasteiger partial charge in [-0.05, 0) is 5.56 Å². The van der Waals surface area contributed by atoms with E-state index in [0.717, 1.165) is 5.56 Å². The summed E-state index contributed by atoms with van der Waals surface area (Å²) in [5.74, 6) is -0.629. The second-order valence-electron chi connectivity index (χ2n) is 3.26. The first-order chi connectivity index (χ1) is 8.13. The summed E-state index contributed by atoms with van der Waals surface area (Å²) in [5, 5.41) is 0. The Morgan fingerprint density at radius 1 is 1.41 bits per heavy atom. The van der Waals surface area contributed by atoms with E-state index in [1.807, 2.05) is 6.07 Å². The van der Waals surface area contributed by atoms with Crippen molar-refractivity contribution in [1.29, 1.82) is 0 Å². The highest BCUT2D eigenvalue weighted by Gasteiger charge is 2.23. The number of benzene rings is 1. The number of amides is 1. The third-order valence-corrected chi connectivity index (χ3v) is 2.02. The summed E-state index contributed by atoms with van der Waals surface area (Å²) in [7, 11) is 0. The molecule has 0 radical (unpaired) electrons. The molecule has 17 heavy (non-hydrogen) atoms. The number of hydrogen-bond donors (Lipinski definition) is 1. The highest BCUT2D eigenvalue weighted by atomic mass is 16.6. The van der Waals surface area contributed by atoms with Crippen LogP contribution in [0.1, 0.15) is 5.56 Å². The second kappa shape index (κ2) is 6.19. The first-order valence-corrected chi connectivity index (χ1v) is 4.84. The molecule has 1 amide bonds. The van der Waals surface area contributed by atoms with Crippen LogP contribution in [0.2, 0.25) is 0 Å². The van der Waals surface area contributed by atoms with E-state index in [0.29, 0.717) is 6.21 Å². The summed E-state index contributed by atoms with van der Waals surface area (Å²) < 4.78 is 4.66. The molecule has 0 aliphatic heterocycles. The van der Waals surface area contributed by atoms with Crippen LogP contribution in [-0.2, 0) is 16.0 Å². The molecule has 6 heteroatoms. The Morgan fingerprint density at radius 3 is 2.59 bits per heavy atom. The van der Waals surface area contributed by atoms with Crippen LogP contribution in [0.15, 0.2) is 30.3 Å². The predicted octanol–water partition coefficient (Wildman–Crippen LogP) is 0.563. The highest BCUT2D eigenvalue weighted by Crippen LogP contribution is 2.06. The minimum Gasteiger partial charge on any atom is -0.437 e. The number of primary amides is 1. The van der Waals surface area contributed by atoms with Gasteiger partial charge < -0.3 is 16.0 Å². The quantitative estimate of drug-likeness (QED) is 0.456. The number of carbonyl (C=O) groups is 2. The summed E-state index contributed by atoms with van der Waals surface area (Å²) in [4.78, 5) is 24.7.